The Morgan fingerprint density at radius 1 is 1.00 bits per heavy atom. The Morgan fingerprint density at radius 3 is 2.47 bits per heavy atom. The number of nitrogens with zero attached hydrogens (tertiary/aromatic N) is 1. The van der Waals surface area contributed by atoms with Gasteiger partial charge in [0.05, 0.1) is 5.69 Å². The van der Waals surface area contributed by atoms with E-state index in [0.29, 0.717) is 18.0 Å². The van der Waals surface area contributed by atoms with Gasteiger partial charge >= 0.3 is 0 Å². The lowest BCUT2D eigenvalue weighted by molar-refractivity contribution is 0.0954. The van der Waals surface area contributed by atoms with E-state index < -0.39 is 0 Å². The van der Waals surface area contributed by atoms with Crippen molar-refractivity contribution in [2.24, 2.45) is 5.92 Å². The van der Waals surface area contributed by atoms with Crippen molar-refractivity contribution in [3.8, 4) is 16.9 Å². The number of carbonyl (C=O) groups is 1. The van der Waals surface area contributed by atoms with Gasteiger partial charge in [0.25, 0.3) is 5.91 Å². The standard InChI is InChI=1S/C30H29ClN2O/c1-21-7-16-28-25(19-21)20-29(23-5-3-2-4-6-23)33(28)27-14-10-24(11-15-27)30(34)32-18-17-22-8-12-26(31)13-9-22/h2-6,8-15,20-21H,7,16-19H2,1H3,(H,32,34)/t21-/m1/s1. The first kappa shape index (κ1) is 22.5. The summed E-state index contributed by atoms with van der Waals surface area (Å²) in [5, 5.41) is 3.75. The van der Waals surface area contributed by atoms with Crippen molar-refractivity contribution >= 4 is 17.5 Å². The molecule has 0 saturated heterocycles. The molecule has 1 amide bonds. The molecule has 4 heteroatoms. The van der Waals surface area contributed by atoms with Crippen LogP contribution in [0.25, 0.3) is 16.9 Å². The lowest BCUT2D eigenvalue weighted by Gasteiger charge is -2.21. The molecule has 0 saturated carbocycles. The van der Waals surface area contributed by atoms with Crippen LogP contribution in [0.2, 0.25) is 5.02 Å². The van der Waals surface area contributed by atoms with Crippen LogP contribution in [0.3, 0.4) is 0 Å². The van der Waals surface area contributed by atoms with Crippen molar-refractivity contribution in [1.29, 1.82) is 0 Å². The lowest BCUT2D eigenvalue weighted by Crippen LogP contribution is -2.25. The molecule has 1 heterocycles. The van der Waals surface area contributed by atoms with Gasteiger partial charge in [-0.05, 0) is 90.8 Å². The van der Waals surface area contributed by atoms with Crippen LogP contribution in [-0.2, 0) is 19.3 Å². The molecule has 0 unspecified atom stereocenters. The van der Waals surface area contributed by atoms with Crippen molar-refractivity contribution in [3.05, 3.63) is 112 Å². The zero-order valence-electron chi connectivity index (χ0n) is 19.4. The Hall–Kier alpha value is -3.30. The van der Waals surface area contributed by atoms with Crippen LogP contribution in [0, 0.1) is 5.92 Å². The third kappa shape index (κ3) is 4.80. The highest BCUT2D eigenvalue weighted by atomic mass is 35.5. The molecule has 3 aromatic carbocycles. The van der Waals surface area contributed by atoms with Gasteiger partial charge in [0, 0.05) is 28.5 Å². The van der Waals surface area contributed by atoms with E-state index in [0.717, 1.165) is 35.5 Å². The van der Waals surface area contributed by atoms with E-state index in [9.17, 15) is 4.79 Å². The average Bonchev–Trinajstić information content (AvgIpc) is 3.24. The molecule has 1 atom stereocenters. The van der Waals surface area contributed by atoms with Crippen LogP contribution in [-0.4, -0.2) is 17.0 Å². The van der Waals surface area contributed by atoms with Crippen LogP contribution in [0.15, 0.2) is 84.9 Å². The predicted molar refractivity (Wildman–Crippen MR) is 140 cm³/mol. The quantitative estimate of drug-likeness (QED) is 0.328. The minimum Gasteiger partial charge on any atom is -0.352 e. The monoisotopic (exact) mass is 468 g/mol. The van der Waals surface area contributed by atoms with E-state index in [-0.39, 0.29) is 5.91 Å². The molecule has 1 aliphatic carbocycles. The number of halogens is 1. The van der Waals surface area contributed by atoms with Crippen molar-refractivity contribution in [2.45, 2.75) is 32.6 Å². The number of hydrogen-bond donors (Lipinski definition) is 1. The van der Waals surface area contributed by atoms with Crippen molar-refractivity contribution in [3.63, 3.8) is 0 Å². The van der Waals surface area contributed by atoms with E-state index in [4.69, 9.17) is 11.6 Å². The van der Waals surface area contributed by atoms with Crippen LogP contribution in [0.4, 0.5) is 0 Å². The maximum absolute atomic E-state index is 12.7. The molecule has 4 aromatic rings. The Bertz CT molecular complexity index is 1270. The second kappa shape index (κ2) is 9.90. The molecule has 0 spiro atoms. The highest BCUT2D eigenvalue weighted by Crippen LogP contribution is 2.35. The molecule has 1 aromatic heterocycles. The fraction of sp³-hybridized carbons (Fsp3) is 0.233. The Balaban J connectivity index is 1.36. The molecule has 1 N–H and O–H groups in total. The topological polar surface area (TPSA) is 34.0 Å². The smallest absolute Gasteiger partial charge is 0.251 e. The van der Waals surface area contributed by atoms with Gasteiger partial charge in [-0.2, -0.15) is 0 Å². The molecule has 34 heavy (non-hydrogen) atoms. The predicted octanol–water partition coefficient (Wildman–Crippen LogP) is 6.90. The number of nitrogens with one attached hydrogen (secondary N) is 1. The first-order valence-corrected chi connectivity index (χ1v) is 12.4. The summed E-state index contributed by atoms with van der Waals surface area (Å²) in [4.78, 5) is 12.7. The maximum atomic E-state index is 12.7. The number of hydrogen-bond acceptors (Lipinski definition) is 1. The summed E-state index contributed by atoms with van der Waals surface area (Å²) in [7, 11) is 0. The summed E-state index contributed by atoms with van der Waals surface area (Å²) in [6, 6.07) is 28.7. The first-order valence-electron chi connectivity index (χ1n) is 12.0. The Labute approximate surface area is 206 Å². The number of benzene rings is 3. The zero-order valence-corrected chi connectivity index (χ0v) is 20.2. The van der Waals surface area contributed by atoms with E-state index in [2.05, 4.69) is 65.3 Å². The third-order valence-electron chi connectivity index (χ3n) is 6.70. The SMILES string of the molecule is C[C@@H]1CCc2c(cc(-c3ccccc3)n2-c2ccc(C(=O)NCCc3ccc(Cl)cc3)cc2)C1. The number of fused-ring (bicyclic) bond motifs is 1. The summed E-state index contributed by atoms with van der Waals surface area (Å²) in [6.45, 7) is 2.92. The fourth-order valence-corrected chi connectivity index (χ4v) is 4.99. The lowest BCUT2D eigenvalue weighted by atomic mass is 9.89. The number of rotatable bonds is 6. The van der Waals surface area contributed by atoms with Crippen molar-refractivity contribution in [2.75, 3.05) is 6.54 Å². The van der Waals surface area contributed by atoms with Crippen LogP contribution < -0.4 is 5.32 Å². The Kier molecular flexibility index (Phi) is 6.55. The molecule has 1 aliphatic rings. The molecule has 0 aliphatic heterocycles. The summed E-state index contributed by atoms with van der Waals surface area (Å²) < 4.78 is 2.39. The van der Waals surface area contributed by atoms with E-state index >= 15 is 0 Å². The number of amides is 1. The van der Waals surface area contributed by atoms with Gasteiger partial charge in [-0.25, -0.2) is 0 Å². The van der Waals surface area contributed by atoms with Crippen LogP contribution in [0.5, 0.6) is 0 Å². The summed E-state index contributed by atoms with van der Waals surface area (Å²) in [5.41, 5.74) is 8.22. The summed E-state index contributed by atoms with van der Waals surface area (Å²) in [5.74, 6) is 0.665. The van der Waals surface area contributed by atoms with Gasteiger partial charge in [-0.15, -0.1) is 0 Å². The largest absolute Gasteiger partial charge is 0.352 e. The molecular weight excluding hydrogens is 440 g/mol. The summed E-state index contributed by atoms with van der Waals surface area (Å²) in [6.07, 6.45) is 4.18. The molecule has 172 valence electrons. The van der Waals surface area contributed by atoms with Gasteiger partial charge in [0.1, 0.15) is 0 Å². The normalized spacial score (nSPS) is 15.1. The molecule has 0 fully saturated rings. The van der Waals surface area contributed by atoms with E-state index in [1.54, 1.807) is 0 Å². The minimum atomic E-state index is -0.0489. The molecule has 3 nitrogen and oxygen atoms in total. The fourth-order valence-electron chi connectivity index (χ4n) is 4.86. The number of carbonyl (C=O) groups excluding carboxylic acids is 1. The second-order valence-electron chi connectivity index (χ2n) is 9.23. The minimum absolute atomic E-state index is 0.0489. The van der Waals surface area contributed by atoms with Gasteiger partial charge in [0.15, 0.2) is 0 Å². The van der Waals surface area contributed by atoms with Gasteiger partial charge in [-0.3, -0.25) is 4.79 Å². The molecule has 5 rings (SSSR count). The summed E-state index contributed by atoms with van der Waals surface area (Å²) >= 11 is 5.94. The van der Waals surface area contributed by atoms with E-state index in [1.165, 1.54) is 28.9 Å². The van der Waals surface area contributed by atoms with Crippen LogP contribution >= 0.6 is 11.6 Å². The van der Waals surface area contributed by atoms with Crippen LogP contribution in [0.1, 0.15) is 40.5 Å². The molecule has 0 bridgehead atoms. The van der Waals surface area contributed by atoms with Crippen molar-refractivity contribution in [1.82, 2.24) is 9.88 Å². The zero-order chi connectivity index (χ0) is 23.5. The van der Waals surface area contributed by atoms with E-state index in [1.807, 2.05) is 36.4 Å². The molecule has 0 radical (unpaired) electrons. The van der Waals surface area contributed by atoms with Gasteiger partial charge in [-0.1, -0.05) is 61.0 Å². The highest BCUT2D eigenvalue weighted by molar-refractivity contribution is 6.30. The van der Waals surface area contributed by atoms with Gasteiger partial charge in [0.2, 0.25) is 0 Å². The molecular formula is C30H29ClN2O. The highest BCUT2D eigenvalue weighted by Gasteiger charge is 2.23. The maximum Gasteiger partial charge on any atom is 0.251 e. The second-order valence-corrected chi connectivity index (χ2v) is 9.67. The average molecular weight is 469 g/mol. The first-order chi connectivity index (χ1) is 16.6. The van der Waals surface area contributed by atoms with Gasteiger partial charge < -0.3 is 9.88 Å². The Morgan fingerprint density at radius 2 is 1.74 bits per heavy atom. The third-order valence-corrected chi connectivity index (χ3v) is 6.96. The number of aromatic nitrogens is 1. The van der Waals surface area contributed by atoms with Crippen molar-refractivity contribution < 1.29 is 4.79 Å².